The van der Waals surface area contributed by atoms with Crippen molar-refractivity contribution in [1.82, 2.24) is 10.9 Å². The molecule has 3 N–H and O–H groups in total. The van der Waals surface area contributed by atoms with Crippen LogP contribution in [0.15, 0.2) is 114 Å². The van der Waals surface area contributed by atoms with Gasteiger partial charge in [-0.1, -0.05) is 78.9 Å². The van der Waals surface area contributed by atoms with Gasteiger partial charge in [0.05, 0.1) is 6.61 Å². The van der Waals surface area contributed by atoms with E-state index in [4.69, 9.17) is 19.6 Å². The summed E-state index contributed by atoms with van der Waals surface area (Å²) in [4.78, 5) is 19.1. The standard InChI is InChI=1S/C35H33F2N3O4/c36-30-19-14-26(23-31(30)37)24-38-40-34(42)35(20-7-11-25-9-3-1-4-10-25)32(27-12-5-2-6-13-27)44-33(39-35)28-15-17-29(18-16-28)43-22-8-21-41/h1-7,9-19,23,32,38,41H,8,20-22,24H2,(H,40,42)/b11-7+/t32-,35-/m0/s1. The van der Waals surface area contributed by atoms with Crippen LogP contribution in [0.5, 0.6) is 5.75 Å². The number of amides is 1. The molecule has 0 unspecified atom stereocenters. The van der Waals surface area contributed by atoms with E-state index >= 15 is 0 Å². The smallest absolute Gasteiger partial charge is 0.266 e. The molecule has 2 atom stereocenters. The van der Waals surface area contributed by atoms with Gasteiger partial charge < -0.3 is 14.6 Å². The fraction of sp³-hybridized carbons (Fsp3) is 0.200. The molecule has 1 aliphatic heterocycles. The van der Waals surface area contributed by atoms with Gasteiger partial charge in [0, 0.05) is 31.6 Å². The maximum absolute atomic E-state index is 14.1. The molecule has 1 heterocycles. The molecule has 44 heavy (non-hydrogen) atoms. The van der Waals surface area contributed by atoms with Crippen molar-refractivity contribution >= 4 is 17.9 Å². The monoisotopic (exact) mass is 597 g/mol. The van der Waals surface area contributed by atoms with Crippen molar-refractivity contribution in [1.29, 1.82) is 0 Å². The molecule has 0 aromatic heterocycles. The van der Waals surface area contributed by atoms with Crippen molar-refractivity contribution < 1.29 is 28.2 Å². The highest BCUT2D eigenvalue weighted by Gasteiger charge is 2.52. The summed E-state index contributed by atoms with van der Waals surface area (Å²) in [5.41, 5.74) is 7.02. The zero-order valence-corrected chi connectivity index (χ0v) is 24.0. The van der Waals surface area contributed by atoms with Gasteiger partial charge >= 0.3 is 0 Å². The van der Waals surface area contributed by atoms with Crippen LogP contribution >= 0.6 is 0 Å². The van der Waals surface area contributed by atoms with Gasteiger partial charge in [-0.05, 0) is 53.1 Å². The Kier molecular flexibility index (Phi) is 10.1. The number of carbonyl (C=O) groups is 1. The minimum atomic E-state index is -1.42. The van der Waals surface area contributed by atoms with Crippen LogP contribution < -0.4 is 15.6 Å². The van der Waals surface area contributed by atoms with Gasteiger partial charge in [-0.25, -0.2) is 19.2 Å². The Morgan fingerprint density at radius 3 is 2.39 bits per heavy atom. The topological polar surface area (TPSA) is 92.2 Å². The van der Waals surface area contributed by atoms with E-state index < -0.39 is 29.2 Å². The maximum atomic E-state index is 14.1. The fourth-order valence-electron chi connectivity index (χ4n) is 4.87. The summed E-state index contributed by atoms with van der Waals surface area (Å²) in [6.45, 7) is 0.490. The number of nitrogens with zero attached hydrogens (tertiary/aromatic N) is 1. The third-order valence-electron chi connectivity index (χ3n) is 7.15. The second-order valence-electron chi connectivity index (χ2n) is 10.3. The summed E-state index contributed by atoms with van der Waals surface area (Å²) >= 11 is 0. The molecule has 7 nitrogen and oxygen atoms in total. The zero-order chi connectivity index (χ0) is 30.8. The van der Waals surface area contributed by atoms with Gasteiger partial charge in [0.25, 0.3) is 5.91 Å². The number of rotatable bonds is 13. The lowest BCUT2D eigenvalue weighted by Crippen LogP contribution is -2.52. The number of ether oxygens (including phenoxy) is 2. The molecule has 9 heteroatoms. The molecule has 0 bridgehead atoms. The van der Waals surface area contributed by atoms with Crippen LogP contribution in [0.2, 0.25) is 0 Å². The Bertz CT molecular complexity index is 1600. The van der Waals surface area contributed by atoms with Crippen LogP contribution in [-0.2, 0) is 16.1 Å². The molecular formula is C35H33F2N3O4. The minimum Gasteiger partial charge on any atom is -0.494 e. The molecule has 1 amide bonds. The summed E-state index contributed by atoms with van der Waals surface area (Å²) in [5, 5.41) is 9.02. The Balaban J connectivity index is 1.46. The molecule has 0 aliphatic carbocycles. The first-order valence-electron chi connectivity index (χ1n) is 14.3. The number of aliphatic hydroxyl groups is 1. The van der Waals surface area contributed by atoms with Crippen molar-refractivity contribution in [3.05, 3.63) is 143 Å². The van der Waals surface area contributed by atoms with Crippen molar-refractivity contribution in [2.45, 2.75) is 31.0 Å². The number of hydrogen-bond acceptors (Lipinski definition) is 6. The molecule has 4 aromatic rings. The fourth-order valence-corrected chi connectivity index (χ4v) is 4.87. The quantitative estimate of drug-likeness (QED) is 0.132. The Morgan fingerprint density at radius 1 is 0.955 bits per heavy atom. The molecular weight excluding hydrogens is 564 g/mol. The molecule has 0 saturated carbocycles. The van der Waals surface area contributed by atoms with E-state index in [1.165, 1.54) is 6.07 Å². The van der Waals surface area contributed by atoms with E-state index in [1.807, 2.05) is 84.9 Å². The first-order valence-corrected chi connectivity index (χ1v) is 14.3. The Hall–Kier alpha value is -4.86. The highest BCUT2D eigenvalue weighted by molar-refractivity contribution is 6.01. The highest BCUT2D eigenvalue weighted by atomic mass is 19.2. The van der Waals surface area contributed by atoms with Crippen molar-refractivity contribution in [2.75, 3.05) is 13.2 Å². The summed E-state index contributed by atoms with van der Waals surface area (Å²) in [6, 6.07) is 29.9. The molecule has 1 aliphatic rings. The van der Waals surface area contributed by atoms with Crippen LogP contribution in [-0.4, -0.2) is 35.7 Å². The maximum Gasteiger partial charge on any atom is 0.266 e. The number of aliphatic imine (C=N–C) groups is 1. The average molecular weight is 598 g/mol. The number of benzene rings is 4. The number of nitrogens with one attached hydrogen (secondary N) is 2. The van der Waals surface area contributed by atoms with Crippen molar-refractivity contribution in [2.24, 2.45) is 4.99 Å². The lowest BCUT2D eigenvalue weighted by Gasteiger charge is -2.29. The summed E-state index contributed by atoms with van der Waals surface area (Å²) < 4.78 is 39.3. The molecule has 0 saturated heterocycles. The summed E-state index contributed by atoms with van der Waals surface area (Å²) in [6.07, 6.45) is 3.77. The molecule has 5 rings (SSSR count). The average Bonchev–Trinajstić information content (AvgIpc) is 3.45. The second kappa shape index (κ2) is 14.5. The first kappa shape index (κ1) is 30.6. The van der Waals surface area contributed by atoms with Crippen molar-refractivity contribution in [3.63, 3.8) is 0 Å². The number of hydrogen-bond donors (Lipinski definition) is 3. The summed E-state index contributed by atoms with van der Waals surface area (Å²) in [7, 11) is 0. The minimum absolute atomic E-state index is 0.0438. The molecule has 0 fully saturated rings. The van der Waals surface area contributed by atoms with Crippen LogP contribution in [0, 0.1) is 11.6 Å². The largest absolute Gasteiger partial charge is 0.494 e. The number of hydrazine groups is 1. The van der Waals surface area contributed by atoms with Gasteiger partial charge in [-0.15, -0.1) is 0 Å². The first-order chi connectivity index (χ1) is 21.5. The van der Waals surface area contributed by atoms with E-state index in [0.717, 1.165) is 23.3 Å². The van der Waals surface area contributed by atoms with Gasteiger partial charge in [-0.2, -0.15) is 0 Å². The number of halogens is 2. The highest BCUT2D eigenvalue weighted by Crippen LogP contribution is 2.43. The van der Waals surface area contributed by atoms with E-state index in [0.29, 0.717) is 35.8 Å². The molecule has 4 aromatic carbocycles. The lowest BCUT2D eigenvalue weighted by atomic mass is 9.84. The van der Waals surface area contributed by atoms with E-state index in [9.17, 15) is 13.6 Å². The zero-order valence-electron chi connectivity index (χ0n) is 24.0. The van der Waals surface area contributed by atoms with Gasteiger partial charge in [-0.3, -0.25) is 10.2 Å². The van der Waals surface area contributed by atoms with E-state index in [1.54, 1.807) is 12.1 Å². The number of aliphatic hydroxyl groups excluding tert-OH is 1. The number of carbonyl (C=O) groups excluding carboxylic acids is 1. The van der Waals surface area contributed by atoms with Crippen LogP contribution in [0.4, 0.5) is 8.78 Å². The summed E-state index contributed by atoms with van der Waals surface area (Å²) in [5.74, 6) is -1.43. The van der Waals surface area contributed by atoms with Crippen molar-refractivity contribution in [3.8, 4) is 5.75 Å². The van der Waals surface area contributed by atoms with Crippen LogP contribution in [0.3, 0.4) is 0 Å². The molecule has 0 radical (unpaired) electrons. The molecule has 226 valence electrons. The molecule has 0 spiro atoms. The lowest BCUT2D eigenvalue weighted by molar-refractivity contribution is -0.129. The van der Waals surface area contributed by atoms with Gasteiger partial charge in [0.1, 0.15) is 5.75 Å². The second-order valence-corrected chi connectivity index (χ2v) is 10.3. The van der Waals surface area contributed by atoms with Crippen LogP contribution in [0.1, 0.15) is 41.2 Å². The van der Waals surface area contributed by atoms with E-state index in [2.05, 4.69) is 10.9 Å². The Labute approximate surface area is 254 Å². The third kappa shape index (κ3) is 7.37. The third-order valence-corrected chi connectivity index (χ3v) is 7.15. The Morgan fingerprint density at radius 2 is 1.68 bits per heavy atom. The predicted molar refractivity (Wildman–Crippen MR) is 165 cm³/mol. The van der Waals surface area contributed by atoms with E-state index in [-0.39, 0.29) is 19.6 Å². The predicted octanol–water partition coefficient (Wildman–Crippen LogP) is 5.91. The van der Waals surface area contributed by atoms with Gasteiger partial charge in [0.2, 0.25) is 5.90 Å². The van der Waals surface area contributed by atoms with Crippen LogP contribution in [0.25, 0.3) is 6.08 Å². The SMILES string of the molecule is O=C(NNCc1ccc(F)c(F)c1)[C@@]1(C/C=C/c2ccccc2)N=C(c2ccc(OCCCO)cc2)O[C@H]1c1ccccc1. The van der Waals surface area contributed by atoms with Gasteiger partial charge in [0.15, 0.2) is 23.3 Å². The normalized spacial score (nSPS) is 17.7.